The van der Waals surface area contributed by atoms with Crippen LogP contribution in [-0.4, -0.2) is 40.6 Å². The molecular weight excluding hydrogens is 186 g/mol. The average molecular weight is 204 g/mol. The number of rotatable bonds is 1. The Morgan fingerprint density at radius 2 is 1.77 bits per heavy atom. The van der Waals surface area contributed by atoms with Crippen molar-refractivity contribution in [2.75, 3.05) is 13.1 Å². The normalized spacial score (nSPS) is 42.5. The van der Waals surface area contributed by atoms with Gasteiger partial charge in [-0.2, -0.15) is 0 Å². The quantitative estimate of drug-likeness (QED) is 0.655. The number of likely N-dealkylation sites (tertiary alicyclic amines) is 1. The zero-order valence-corrected chi connectivity index (χ0v) is 8.71. The van der Waals surface area contributed by atoms with Gasteiger partial charge in [-0.1, -0.05) is 6.42 Å². The molecule has 76 valence electrons. The van der Waals surface area contributed by atoms with E-state index in [1.165, 1.54) is 19.3 Å². The molecule has 3 atom stereocenters. The van der Waals surface area contributed by atoms with Crippen molar-refractivity contribution in [2.45, 2.75) is 49.6 Å². The summed E-state index contributed by atoms with van der Waals surface area (Å²) in [6.07, 6.45) is 5.56. The largest absolute Gasteiger partial charge is 0.390 e. The van der Waals surface area contributed by atoms with Crippen LogP contribution in [0, 0.1) is 0 Å². The molecule has 0 aromatic rings. The molecule has 2 rings (SSSR count). The molecular formula is C10H18ClNO. The first-order valence-electron chi connectivity index (χ1n) is 5.35. The van der Waals surface area contributed by atoms with Crippen molar-refractivity contribution in [3.8, 4) is 0 Å². The Bertz CT molecular complexity index is 168. The van der Waals surface area contributed by atoms with Crippen molar-refractivity contribution in [3.63, 3.8) is 0 Å². The third kappa shape index (κ3) is 2.00. The summed E-state index contributed by atoms with van der Waals surface area (Å²) in [5.74, 6) is 0. The molecule has 1 saturated carbocycles. The summed E-state index contributed by atoms with van der Waals surface area (Å²) in [4.78, 5) is 2.42. The van der Waals surface area contributed by atoms with Crippen LogP contribution in [0.1, 0.15) is 32.1 Å². The fourth-order valence-corrected chi connectivity index (χ4v) is 2.90. The van der Waals surface area contributed by atoms with E-state index in [2.05, 4.69) is 4.90 Å². The SMILES string of the molecule is O[C@H]1[C@H](N2CCCC2)CCC[C@@H]1Cl. The smallest absolute Gasteiger partial charge is 0.0858 e. The summed E-state index contributed by atoms with van der Waals surface area (Å²) in [7, 11) is 0. The molecule has 0 unspecified atom stereocenters. The first kappa shape index (κ1) is 9.75. The maximum atomic E-state index is 9.92. The number of nitrogens with zero attached hydrogens (tertiary/aromatic N) is 1. The van der Waals surface area contributed by atoms with Crippen molar-refractivity contribution in [1.29, 1.82) is 0 Å². The van der Waals surface area contributed by atoms with Gasteiger partial charge in [-0.05, 0) is 38.8 Å². The molecule has 2 nitrogen and oxygen atoms in total. The molecule has 0 amide bonds. The van der Waals surface area contributed by atoms with E-state index in [9.17, 15) is 5.11 Å². The summed E-state index contributed by atoms with van der Waals surface area (Å²) < 4.78 is 0. The highest BCUT2D eigenvalue weighted by Crippen LogP contribution is 2.29. The molecule has 1 aliphatic carbocycles. The van der Waals surface area contributed by atoms with Crippen LogP contribution in [0.3, 0.4) is 0 Å². The molecule has 3 heteroatoms. The van der Waals surface area contributed by atoms with Crippen molar-refractivity contribution in [3.05, 3.63) is 0 Å². The van der Waals surface area contributed by atoms with E-state index < -0.39 is 0 Å². The molecule has 0 aromatic carbocycles. The van der Waals surface area contributed by atoms with Gasteiger partial charge in [0.25, 0.3) is 0 Å². The summed E-state index contributed by atoms with van der Waals surface area (Å²) in [6, 6.07) is 0.346. The molecule has 2 aliphatic rings. The summed E-state index contributed by atoms with van der Waals surface area (Å²) in [5.41, 5.74) is 0. The van der Waals surface area contributed by atoms with Gasteiger partial charge in [0.2, 0.25) is 0 Å². The van der Waals surface area contributed by atoms with E-state index in [-0.39, 0.29) is 11.5 Å². The van der Waals surface area contributed by atoms with E-state index >= 15 is 0 Å². The van der Waals surface area contributed by atoms with Crippen LogP contribution in [-0.2, 0) is 0 Å². The third-order valence-corrected chi connectivity index (χ3v) is 3.83. The Labute approximate surface area is 84.9 Å². The topological polar surface area (TPSA) is 23.5 Å². The molecule has 0 spiro atoms. The van der Waals surface area contributed by atoms with E-state index in [4.69, 9.17) is 11.6 Å². The minimum absolute atomic E-state index is 0.0145. The van der Waals surface area contributed by atoms with Crippen molar-refractivity contribution in [1.82, 2.24) is 4.90 Å². The van der Waals surface area contributed by atoms with Crippen molar-refractivity contribution in [2.24, 2.45) is 0 Å². The summed E-state index contributed by atoms with van der Waals surface area (Å²) >= 11 is 6.06. The number of aliphatic hydroxyl groups excluding tert-OH is 1. The van der Waals surface area contributed by atoms with Crippen LogP contribution >= 0.6 is 11.6 Å². The van der Waals surface area contributed by atoms with E-state index in [1.54, 1.807) is 0 Å². The molecule has 2 fully saturated rings. The lowest BCUT2D eigenvalue weighted by Gasteiger charge is -2.37. The van der Waals surface area contributed by atoms with Gasteiger partial charge in [-0.3, -0.25) is 4.90 Å². The first-order chi connectivity index (χ1) is 6.29. The number of aliphatic hydroxyl groups is 1. The van der Waals surface area contributed by atoms with E-state index in [1.807, 2.05) is 0 Å². The van der Waals surface area contributed by atoms with Crippen LogP contribution in [0.5, 0.6) is 0 Å². The Balaban J connectivity index is 1.95. The van der Waals surface area contributed by atoms with E-state index in [0.717, 1.165) is 25.9 Å². The highest BCUT2D eigenvalue weighted by molar-refractivity contribution is 6.21. The van der Waals surface area contributed by atoms with Gasteiger partial charge >= 0.3 is 0 Å². The fraction of sp³-hybridized carbons (Fsp3) is 1.00. The molecule has 1 N–H and O–H groups in total. The molecule has 1 saturated heterocycles. The van der Waals surface area contributed by atoms with Crippen LogP contribution in [0.15, 0.2) is 0 Å². The fourth-order valence-electron chi connectivity index (χ4n) is 2.58. The van der Waals surface area contributed by atoms with Gasteiger partial charge in [-0.15, -0.1) is 11.6 Å². The van der Waals surface area contributed by atoms with Crippen LogP contribution in [0.2, 0.25) is 0 Å². The maximum Gasteiger partial charge on any atom is 0.0858 e. The second-order valence-corrected chi connectivity index (χ2v) is 4.81. The first-order valence-corrected chi connectivity index (χ1v) is 5.79. The highest BCUT2D eigenvalue weighted by atomic mass is 35.5. The van der Waals surface area contributed by atoms with E-state index in [0.29, 0.717) is 6.04 Å². The predicted molar refractivity (Wildman–Crippen MR) is 54.1 cm³/mol. The van der Waals surface area contributed by atoms with Gasteiger partial charge < -0.3 is 5.11 Å². The Kier molecular flexibility index (Phi) is 3.12. The minimum atomic E-state index is -0.298. The second kappa shape index (κ2) is 4.16. The van der Waals surface area contributed by atoms with Crippen molar-refractivity contribution >= 4 is 11.6 Å². The molecule has 0 aromatic heterocycles. The Morgan fingerprint density at radius 3 is 2.46 bits per heavy atom. The van der Waals surface area contributed by atoms with Gasteiger partial charge in [0.15, 0.2) is 0 Å². The molecule has 0 bridgehead atoms. The van der Waals surface area contributed by atoms with Crippen LogP contribution in [0.25, 0.3) is 0 Å². The maximum absolute atomic E-state index is 9.92. The number of halogens is 1. The third-order valence-electron chi connectivity index (χ3n) is 3.35. The monoisotopic (exact) mass is 203 g/mol. The standard InChI is InChI=1S/C10H18ClNO/c11-8-4-3-5-9(10(8)13)12-6-1-2-7-12/h8-10,13H,1-7H2/t8-,9+,10+/m0/s1. The van der Waals surface area contributed by atoms with Gasteiger partial charge in [0, 0.05) is 6.04 Å². The van der Waals surface area contributed by atoms with Gasteiger partial charge in [0.1, 0.15) is 0 Å². The van der Waals surface area contributed by atoms with Gasteiger partial charge in [0.05, 0.1) is 11.5 Å². The Hall–Kier alpha value is 0.210. The average Bonchev–Trinajstić information content (AvgIpc) is 2.62. The zero-order chi connectivity index (χ0) is 9.26. The molecule has 1 aliphatic heterocycles. The lowest BCUT2D eigenvalue weighted by molar-refractivity contribution is 0.0343. The van der Waals surface area contributed by atoms with Crippen LogP contribution < -0.4 is 0 Å². The highest BCUT2D eigenvalue weighted by Gasteiger charge is 2.35. The minimum Gasteiger partial charge on any atom is -0.390 e. The molecule has 0 radical (unpaired) electrons. The molecule has 1 heterocycles. The number of alkyl halides is 1. The van der Waals surface area contributed by atoms with Crippen LogP contribution in [0.4, 0.5) is 0 Å². The number of hydrogen-bond donors (Lipinski definition) is 1. The van der Waals surface area contributed by atoms with Gasteiger partial charge in [-0.25, -0.2) is 0 Å². The number of hydrogen-bond acceptors (Lipinski definition) is 2. The second-order valence-electron chi connectivity index (χ2n) is 4.25. The zero-order valence-electron chi connectivity index (χ0n) is 7.95. The lowest BCUT2D eigenvalue weighted by atomic mass is 9.91. The molecule has 13 heavy (non-hydrogen) atoms. The lowest BCUT2D eigenvalue weighted by Crippen LogP contribution is -2.48. The predicted octanol–water partition coefficient (Wildman–Crippen LogP) is 1.60. The van der Waals surface area contributed by atoms with Crippen molar-refractivity contribution < 1.29 is 5.11 Å². The Morgan fingerprint density at radius 1 is 1.08 bits per heavy atom. The summed E-state index contributed by atoms with van der Waals surface area (Å²) in [6.45, 7) is 2.32. The summed E-state index contributed by atoms with van der Waals surface area (Å²) in [5, 5.41) is 9.91.